The number of hydrogen-bond acceptors (Lipinski definition) is 2. The van der Waals surface area contributed by atoms with Crippen molar-refractivity contribution in [2.45, 2.75) is 5.38 Å². The van der Waals surface area contributed by atoms with E-state index in [1.165, 1.54) is 14.2 Å². The third-order valence-electron chi connectivity index (χ3n) is 2.98. The van der Waals surface area contributed by atoms with Gasteiger partial charge in [0.1, 0.15) is 11.5 Å². The van der Waals surface area contributed by atoms with Crippen molar-refractivity contribution in [1.29, 1.82) is 0 Å². The lowest BCUT2D eigenvalue weighted by Gasteiger charge is -2.15. The van der Waals surface area contributed by atoms with Gasteiger partial charge in [-0.2, -0.15) is 0 Å². The molecule has 0 heterocycles. The van der Waals surface area contributed by atoms with Gasteiger partial charge >= 0.3 is 0 Å². The Balaban J connectivity index is 2.49. The minimum atomic E-state index is -1.02. The van der Waals surface area contributed by atoms with Crippen LogP contribution in [0.15, 0.2) is 30.3 Å². The van der Waals surface area contributed by atoms with Gasteiger partial charge < -0.3 is 9.47 Å². The summed E-state index contributed by atoms with van der Waals surface area (Å²) in [5, 5.41) is -0.715. The van der Waals surface area contributed by atoms with E-state index < -0.39 is 17.0 Å². The lowest BCUT2D eigenvalue weighted by molar-refractivity contribution is 0.393. The molecule has 1 atom stereocenters. The van der Waals surface area contributed by atoms with Crippen molar-refractivity contribution in [1.82, 2.24) is 0 Å². The van der Waals surface area contributed by atoms with Crippen LogP contribution >= 0.6 is 23.2 Å². The summed E-state index contributed by atoms with van der Waals surface area (Å²) < 4.78 is 36.8. The highest BCUT2D eigenvalue weighted by atomic mass is 35.5. The number of alkyl halides is 1. The molecule has 0 bridgehead atoms. The Labute approximate surface area is 131 Å². The Morgan fingerprint density at radius 2 is 1.43 bits per heavy atom. The molecule has 0 fully saturated rings. The molecule has 1 unspecified atom stereocenters. The Morgan fingerprint density at radius 1 is 0.905 bits per heavy atom. The molecule has 0 amide bonds. The van der Waals surface area contributed by atoms with Gasteiger partial charge in [-0.05, 0) is 35.4 Å². The molecule has 0 aliphatic rings. The molecule has 112 valence electrons. The van der Waals surface area contributed by atoms with Crippen LogP contribution in [0.25, 0.3) is 0 Å². The first-order valence-electron chi connectivity index (χ1n) is 5.97. The van der Waals surface area contributed by atoms with E-state index in [1.807, 2.05) is 0 Å². The lowest BCUT2D eigenvalue weighted by Crippen LogP contribution is -1.99. The highest BCUT2D eigenvalue weighted by Gasteiger charge is 2.19. The fraction of sp³-hybridized carbons (Fsp3) is 0.200. The van der Waals surface area contributed by atoms with Crippen molar-refractivity contribution < 1.29 is 18.3 Å². The molecule has 2 rings (SSSR count). The molecule has 0 aliphatic carbocycles. The Hall–Kier alpha value is -1.52. The van der Waals surface area contributed by atoms with Crippen molar-refractivity contribution in [3.8, 4) is 11.5 Å². The summed E-state index contributed by atoms with van der Waals surface area (Å²) in [6.07, 6.45) is 0. The molecule has 21 heavy (non-hydrogen) atoms. The van der Waals surface area contributed by atoms with Gasteiger partial charge in [-0.25, -0.2) is 8.78 Å². The molecular weight excluding hydrogens is 321 g/mol. The number of hydrogen-bond donors (Lipinski definition) is 0. The van der Waals surface area contributed by atoms with Crippen LogP contribution in [0.1, 0.15) is 16.5 Å². The number of rotatable bonds is 4. The van der Waals surface area contributed by atoms with E-state index in [0.717, 1.165) is 12.1 Å². The monoisotopic (exact) mass is 332 g/mol. The standard InChI is InChI=1S/C15H12Cl2F2O2/c1-20-9-3-8(4-10(5-9)21-2)15(17)11-6-13(18)14(19)7-12(11)16/h3-7,15H,1-2H3. The maximum absolute atomic E-state index is 13.4. The van der Waals surface area contributed by atoms with Crippen LogP contribution < -0.4 is 9.47 Å². The Kier molecular flexibility index (Phi) is 4.91. The van der Waals surface area contributed by atoms with Gasteiger partial charge in [-0.3, -0.25) is 0 Å². The number of ether oxygens (including phenoxy) is 2. The molecule has 2 aromatic carbocycles. The summed E-state index contributed by atoms with van der Waals surface area (Å²) in [5.41, 5.74) is 0.869. The molecule has 2 nitrogen and oxygen atoms in total. The van der Waals surface area contributed by atoms with Crippen LogP contribution in [-0.4, -0.2) is 14.2 Å². The summed E-state index contributed by atoms with van der Waals surface area (Å²) >= 11 is 12.3. The van der Waals surface area contributed by atoms with Crippen LogP contribution in [0.4, 0.5) is 8.78 Å². The normalized spacial score (nSPS) is 12.1. The van der Waals surface area contributed by atoms with Gasteiger partial charge in [0.15, 0.2) is 11.6 Å². The lowest BCUT2D eigenvalue weighted by atomic mass is 10.0. The first kappa shape index (κ1) is 15.9. The fourth-order valence-corrected chi connectivity index (χ4v) is 2.51. The molecule has 0 spiro atoms. The number of halogens is 4. The van der Waals surface area contributed by atoms with Crippen LogP contribution in [0.5, 0.6) is 11.5 Å². The summed E-state index contributed by atoms with van der Waals surface area (Å²) in [6, 6.07) is 6.93. The smallest absolute Gasteiger partial charge is 0.160 e. The van der Waals surface area contributed by atoms with E-state index >= 15 is 0 Å². The van der Waals surface area contributed by atoms with Gasteiger partial charge in [0.05, 0.1) is 19.6 Å². The highest BCUT2D eigenvalue weighted by Crippen LogP contribution is 2.37. The minimum Gasteiger partial charge on any atom is -0.497 e. The third kappa shape index (κ3) is 3.39. The second-order valence-electron chi connectivity index (χ2n) is 4.30. The average molecular weight is 333 g/mol. The van der Waals surface area contributed by atoms with Crippen LogP contribution in [-0.2, 0) is 0 Å². The Morgan fingerprint density at radius 3 is 1.95 bits per heavy atom. The molecule has 0 radical (unpaired) electrons. The van der Waals surface area contributed by atoms with E-state index in [4.69, 9.17) is 32.7 Å². The maximum Gasteiger partial charge on any atom is 0.160 e. The van der Waals surface area contributed by atoms with Crippen molar-refractivity contribution in [3.05, 3.63) is 58.1 Å². The number of benzene rings is 2. The first-order valence-corrected chi connectivity index (χ1v) is 6.79. The van der Waals surface area contributed by atoms with Crippen LogP contribution in [0, 0.1) is 11.6 Å². The maximum atomic E-state index is 13.4. The zero-order valence-electron chi connectivity index (χ0n) is 11.3. The second-order valence-corrected chi connectivity index (χ2v) is 5.14. The topological polar surface area (TPSA) is 18.5 Å². The average Bonchev–Trinajstić information content (AvgIpc) is 2.49. The zero-order valence-corrected chi connectivity index (χ0v) is 12.8. The second kappa shape index (κ2) is 6.50. The van der Waals surface area contributed by atoms with Gasteiger partial charge in [0.2, 0.25) is 0 Å². The Bertz CT molecular complexity index is 640. The first-order chi connectivity index (χ1) is 9.96. The SMILES string of the molecule is COc1cc(OC)cc(C(Cl)c2cc(F)c(F)cc2Cl)c1. The summed E-state index contributed by atoms with van der Waals surface area (Å²) in [4.78, 5) is 0. The number of methoxy groups -OCH3 is 2. The molecule has 2 aromatic rings. The van der Waals surface area contributed by atoms with E-state index in [1.54, 1.807) is 18.2 Å². The van der Waals surface area contributed by atoms with Gasteiger partial charge in [0.25, 0.3) is 0 Å². The minimum absolute atomic E-state index is 0.0516. The third-order valence-corrected chi connectivity index (χ3v) is 3.79. The van der Waals surface area contributed by atoms with Crippen molar-refractivity contribution in [2.24, 2.45) is 0 Å². The highest BCUT2D eigenvalue weighted by molar-refractivity contribution is 6.33. The van der Waals surface area contributed by atoms with E-state index in [0.29, 0.717) is 17.1 Å². The predicted octanol–water partition coefficient (Wildman–Crippen LogP) is 4.96. The molecule has 0 aromatic heterocycles. The molecule has 0 saturated heterocycles. The summed E-state index contributed by atoms with van der Waals surface area (Å²) in [6.45, 7) is 0. The quantitative estimate of drug-likeness (QED) is 0.581. The van der Waals surface area contributed by atoms with Crippen molar-refractivity contribution in [3.63, 3.8) is 0 Å². The summed E-state index contributed by atoms with van der Waals surface area (Å²) in [7, 11) is 3.01. The fourth-order valence-electron chi connectivity index (χ4n) is 1.89. The predicted molar refractivity (Wildman–Crippen MR) is 78.6 cm³/mol. The molecule has 0 aliphatic heterocycles. The van der Waals surface area contributed by atoms with E-state index in [2.05, 4.69) is 0 Å². The largest absolute Gasteiger partial charge is 0.497 e. The summed E-state index contributed by atoms with van der Waals surface area (Å²) in [5.74, 6) is -0.951. The van der Waals surface area contributed by atoms with Gasteiger partial charge in [0, 0.05) is 11.1 Å². The molecule has 0 saturated carbocycles. The van der Waals surface area contributed by atoms with Crippen LogP contribution in [0.2, 0.25) is 5.02 Å². The molecular formula is C15H12Cl2F2O2. The zero-order chi connectivity index (χ0) is 15.6. The molecule has 0 N–H and O–H groups in total. The van der Waals surface area contributed by atoms with Crippen LogP contribution in [0.3, 0.4) is 0 Å². The van der Waals surface area contributed by atoms with E-state index in [-0.39, 0.29) is 10.6 Å². The van der Waals surface area contributed by atoms with E-state index in [9.17, 15) is 8.78 Å². The van der Waals surface area contributed by atoms with Crippen molar-refractivity contribution in [2.75, 3.05) is 14.2 Å². The van der Waals surface area contributed by atoms with Crippen molar-refractivity contribution >= 4 is 23.2 Å². The van der Waals surface area contributed by atoms with Gasteiger partial charge in [-0.15, -0.1) is 11.6 Å². The van der Waals surface area contributed by atoms with Gasteiger partial charge in [-0.1, -0.05) is 11.6 Å². The molecule has 6 heteroatoms.